The van der Waals surface area contributed by atoms with Crippen molar-refractivity contribution >= 4 is 0 Å². The zero-order valence-electron chi connectivity index (χ0n) is 15.4. The van der Waals surface area contributed by atoms with Crippen LogP contribution in [0.25, 0.3) is 0 Å². The van der Waals surface area contributed by atoms with Crippen LogP contribution in [0.2, 0.25) is 0 Å². The van der Waals surface area contributed by atoms with Crippen LogP contribution in [0.4, 0.5) is 0 Å². The second-order valence-electron chi connectivity index (χ2n) is 7.92. The number of ether oxygens (including phenoxy) is 1. The summed E-state index contributed by atoms with van der Waals surface area (Å²) in [6, 6.07) is 2.94. The van der Waals surface area contributed by atoms with E-state index in [-0.39, 0.29) is 0 Å². The Balaban J connectivity index is 1.29. The summed E-state index contributed by atoms with van der Waals surface area (Å²) in [7, 11) is 0. The molecule has 3 aliphatic rings. The van der Waals surface area contributed by atoms with Crippen molar-refractivity contribution in [1.29, 1.82) is 0 Å². The van der Waals surface area contributed by atoms with Crippen LogP contribution in [-0.2, 0) is 11.3 Å². The first-order chi connectivity index (χ1) is 12.4. The fraction of sp³-hybridized carbons (Fsp3) is 0.800. The van der Waals surface area contributed by atoms with Crippen LogP contribution in [0, 0.1) is 0 Å². The summed E-state index contributed by atoms with van der Waals surface area (Å²) >= 11 is 0. The largest absolute Gasteiger partial charge is 0.381 e. The van der Waals surface area contributed by atoms with Gasteiger partial charge in [-0.15, -0.1) is 0 Å². The third-order valence-corrected chi connectivity index (χ3v) is 6.14. The van der Waals surface area contributed by atoms with Crippen molar-refractivity contribution in [1.82, 2.24) is 19.8 Å². The normalized spacial score (nSPS) is 27.4. The first-order valence-electron chi connectivity index (χ1n) is 10.2. The van der Waals surface area contributed by atoms with Crippen LogP contribution < -0.4 is 0 Å². The third-order valence-electron chi connectivity index (χ3n) is 6.14. The van der Waals surface area contributed by atoms with Gasteiger partial charge in [0.2, 0.25) is 0 Å². The molecule has 0 bridgehead atoms. The van der Waals surface area contributed by atoms with E-state index in [1.807, 2.05) is 6.20 Å². The van der Waals surface area contributed by atoms with Gasteiger partial charge in [0, 0.05) is 57.5 Å². The lowest BCUT2D eigenvalue weighted by Crippen LogP contribution is -2.50. The molecule has 1 saturated carbocycles. The Morgan fingerprint density at radius 2 is 1.84 bits per heavy atom. The molecule has 5 nitrogen and oxygen atoms in total. The van der Waals surface area contributed by atoms with E-state index < -0.39 is 0 Å². The molecule has 1 aromatic heterocycles. The van der Waals surface area contributed by atoms with E-state index >= 15 is 0 Å². The van der Waals surface area contributed by atoms with Gasteiger partial charge in [-0.2, -0.15) is 0 Å². The Morgan fingerprint density at radius 1 is 1.00 bits per heavy atom. The Morgan fingerprint density at radius 3 is 2.60 bits per heavy atom. The summed E-state index contributed by atoms with van der Waals surface area (Å²) in [5.41, 5.74) is 1.17. The molecule has 4 rings (SSSR count). The highest BCUT2D eigenvalue weighted by atomic mass is 16.5. The van der Waals surface area contributed by atoms with Crippen LogP contribution in [-0.4, -0.2) is 65.2 Å². The standard InChI is InChI=1S/C20H32N4O/c1-2-6-19(7-3-1)24-12-10-23(11-13-24)15-18-8-9-21-20(22-18)17-5-4-14-25-16-17/h8-9,17,19H,1-7,10-16H2. The Bertz CT molecular complexity index is 532. The highest BCUT2D eigenvalue weighted by molar-refractivity contribution is 5.06. The number of hydrogen-bond acceptors (Lipinski definition) is 5. The second kappa shape index (κ2) is 8.56. The molecule has 0 amide bonds. The van der Waals surface area contributed by atoms with Crippen molar-refractivity contribution in [3.8, 4) is 0 Å². The summed E-state index contributed by atoms with van der Waals surface area (Å²) in [4.78, 5) is 14.7. The molecule has 0 N–H and O–H groups in total. The van der Waals surface area contributed by atoms with Gasteiger partial charge in [-0.3, -0.25) is 9.80 Å². The number of rotatable bonds is 4. The lowest BCUT2D eigenvalue weighted by Gasteiger charge is -2.40. The van der Waals surface area contributed by atoms with Crippen molar-refractivity contribution < 1.29 is 4.74 Å². The Kier molecular flexibility index (Phi) is 5.95. The second-order valence-corrected chi connectivity index (χ2v) is 7.92. The topological polar surface area (TPSA) is 41.5 Å². The molecule has 138 valence electrons. The fourth-order valence-corrected chi connectivity index (χ4v) is 4.60. The van der Waals surface area contributed by atoms with Crippen LogP contribution >= 0.6 is 0 Å². The monoisotopic (exact) mass is 344 g/mol. The number of hydrogen-bond donors (Lipinski definition) is 0. The quantitative estimate of drug-likeness (QED) is 0.840. The molecular weight excluding hydrogens is 312 g/mol. The lowest BCUT2D eigenvalue weighted by atomic mass is 9.94. The van der Waals surface area contributed by atoms with Crippen molar-refractivity contribution in [3.05, 3.63) is 23.8 Å². The molecule has 5 heteroatoms. The molecule has 1 aliphatic carbocycles. The molecular formula is C20H32N4O. The van der Waals surface area contributed by atoms with E-state index in [1.54, 1.807) is 0 Å². The van der Waals surface area contributed by atoms with E-state index in [4.69, 9.17) is 9.72 Å². The predicted molar refractivity (Wildman–Crippen MR) is 98.5 cm³/mol. The molecule has 25 heavy (non-hydrogen) atoms. The van der Waals surface area contributed by atoms with Crippen molar-refractivity contribution in [2.75, 3.05) is 39.4 Å². The Labute approximate surface area is 151 Å². The van der Waals surface area contributed by atoms with Crippen molar-refractivity contribution in [2.45, 2.75) is 63.5 Å². The maximum Gasteiger partial charge on any atom is 0.133 e. The minimum atomic E-state index is 0.386. The van der Waals surface area contributed by atoms with E-state index in [1.165, 1.54) is 64.0 Å². The van der Waals surface area contributed by atoms with E-state index in [0.717, 1.165) is 44.5 Å². The van der Waals surface area contributed by atoms with E-state index in [0.29, 0.717) is 5.92 Å². The average Bonchev–Trinajstić information content (AvgIpc) is 2.70. The summed E-state index contributed by atoms with van der Waals surface area (Å²) < 4.78 is 5.60. The molecule has 3 heterocycles. The zero-order chi connectivity index (χ0) is 16.9. The first kappa shape index (κ1) is 17.4. The predicted octanol–water partition coefficient (Wildman–Crippen LogP) is 2.82. The van der Waals surface area contributed by atoms with Gasteiger partial charge in [0.1, 0.15) is 5.82 Å². The molecule has 3 fully saturated rings. The number of nitrogens with zero attached hydrogens (tertiary/aromatic N) is 4. The molecule has 0 aromatic carbocycles. The van der Waals surface area contributed by atoms with E-state index in [2.05, 4.69) is 20.9 Å². The van der Waals surface area contributed by atoms with Crippen LogP contribution in [0.5, 0.6) is 0 Å². The van der Waals surface area contributed by atoms with Crippen LogP contribution in [0.15, 0.2) is 12.3 Å². The van der Waals surface area contributed by atoms with Gasteiger partial charge in [0.05, 0.1) is 12.3 Å². The maximum absolute atomic E-state index is 5.60. The lowest BCUT2D eigenvalue weighted by molar-refractivity contribution is 0.0737. The number of aromatic nitrogens is 2. The molecule has 2 aliphatic heterocycles. The van der Waals surface area contributed by atoms with Crippen molar-refractivity contribution in [3.63, 3.8) is 0 Å². The summed E-state index contributed by atoms with van der Waals surface area (Å²) in [5, 5.41) is 0. The van der Waals surface area contributed by atoms with Crippen molar-refractivity contribution in [2.24, 2.45) is 0 Å². The van der Waals surface area contributed by atoms with Gasteiger partial charge in [-0.25, -0.2) is 9.97 Å². The Hall–Kier alpha value is -1.04. The molecule has 2 saturated heterocycles. The third kappa shape index (κ3) is 4.57. The molecule has 1 aromatic rings. The van der Waals surface area contributed by atoms with E-state index in [9.17, 15) is 0 Å². The zero-order valence-corrected chi connectivity index (χ0v) is 15.4. The van der Waals surface area contributed by atoms with Gasteiger partial charge >= 0.3 is 0 Å². The number of piperazine rings is 1. The summed E-state index contributed by atoms with van der Waals surface area (Å²) in [6.45, 7) is 7.41. The molecule has 0 radical (unpaired) electrons. The highest BCUT2D eigenvalue weighted by Crippen LogP contribution is 2.24. The average molecular weight is 345 g/mol. The molecule has 1 atom stereocenters. The van der Waals surface area contributed by atoms with Crippen LogP contribution in [0.3, 0.4) is 0 Å². The summed E-state index contributed by atoms with van der Waals surface area (Å²) in [5.74, 6) is 1.37. The van der Waals surface area contributed by atoms with Gasteiger partial charge in [0.15, 0.2) is 0 Å². The SMILES string of the molecule is c1cc(CN2CCN(C3CCCCC3)CC2)nc(C2CCCOC2)n1. The highest BCUT2D eigenvalue weighted by Gasteiger charge is 2.25. The minimum absolute atomic E-state index is 0.386. The smallest absolute Gasteiger partial charge is 0.133 e. The van der Waals surface area contributed by atoms with Gasteiger partial charge in [0.25, 0.3) is 0 Å². The van der Waals surface area contributed by atoms with Gasteiger partial charge in [-0.1, -0.05) is 19.3 Å². The first-order valence-corrected chi connectivity index (χ1v) is 10.2. The minimum Gasteiger partial charge on any atom is -0.381 e. The molecule has 1 unspecified atom stereocenters. The van der Waals surface area contributed by atoms with Gasteiger partial charge < -0.3 is 4.74 Å². The summed E-state index contributed by atoms with van der Waals surface area (Å²) in [6.07, 6.45) is 11.4. The molecule has 0 spiro atoms. The fourth-order valence-electron chi connectivity index (χ4n) is 4.60. The van der Waals surface area contributed by atoms with Gasteiger partial charge in [-0.05, 0) is 31.7 Å². The van der Waals surface area contributed by atoms with Crippen LogP contribution in [0.1, 0.15) is 62.4 Å². The maximum atomic E-state index is 5.60.